The van der Waals surface area contributed by atoms with Crippen LogP contribution in [0, 0.1) is 0 Å². The fourth-order valence-electron chi connectivity index (χ4n) is 3.35. The Hall–Kier alpha value is -3.64. The first-order chi connectivity index (χ1) is 17.1. The van der Waals surface area contributed by atoms with Gasteiger partial charge in [0.2, 0.25) is 5.75 Å². The lowest BCUT2D eigenvalue weighted by Crippen LogP contribution is -2.22. The molecule has 0 bridgehead atoms. The average Bonchev–Trinajstić information content (AvgIpc) is 3.17. The van der Waals surface area contributed by atoms with Crippen molar-refractivity contribution in [3.05, 3.63) is 46.8 Å². The standard InChI is InChI=1S/C24H26N2O8S2/c1-6-34-22(28)14-26-17-9-8-16(36(5,29)30)13-20(17)35-24(26)25-21(27)10-7-15-11-18(31-2)23(33-4)19(12-15)32-3/h7-13H,6,14H2,1-5H3/b10-7-,25-24?. The van der Waals surface area contributed by atoms with Gasteiger partial charge in [-0.05, 0) is 48.9 Å². The van der Waals surface area contributed by atoms with Crippen molar-refractivity contribution in [2.45, 2.75) is 18.4 Å². The third-order valence-corrected chi connectivity index (χ3v) is 7.14. The van der Waals surface area contributed by atoms with E-state index >= 15 is 0 Å². The monoisotopic (exact) mass is 534 g/mol. The lowest BCUT2D eigenvalue weighted by atomic mass is 10.1. The number of benzene rings is 2. The van der Waals surface area contributed by atoms with Crippen LogP contribution in [0.1, 0.15) is 12.5 Å². The van der Waals surface area contributed by atoms with Crippen molar-refractivity contribution >= 4 is 49.3 Å². The summed E-state index contributed by atoms with van der Waals surface area (Å²) in [4.78, 5) is 29.4. The first-order valence-electron chi connectivity index (χ1n) is 10.7. The van der Waals surface area contributed by atoms with Gasteiger partial charge in [-0.15, -0.1) is 0 Å². The molecule has 0 N–H and O–H groups in total. The first kappa shape index (κ1) is 27.0. The van der Waals surface area contributed by atoms with Crippen LogP contribution in [-0.2, 0) is 30.7 Å². The molecule has 0 aliphatic carbocycles. The number of sulfone groups is 1. The van der Waals surface area contributed by atoms with Gasteiger partial charge in [-0.1, -0.05) is 11.3 Å². The summed E-state index contributed by atoms with van der Waals surface area (Å²) in [6, 6.07) is 7.88. The lowest BCUT2D eigenvalue weighted by Gasteiger charge is -2.12. The van der Waals surface area contributed by atoms with Crippen LogP contribution >= 0.6 is 11.3 Å². The molecule has 0 aliphatic rings. The van der Waals surface area contributed by atoms with Gasteiger partial charge in [0.15, 0.2) is 26.1 Å². The minimum atomic E-state index is -3.44. The Morgan fingerprint density at radius 2 is 1.72 bits per heavy atom. The molecule has 3 aromatic rings. The second-order valence-electron chi connectivity index (χ2n) is 7.42. The summed E-state index contributed by atoms with van der Waals surface area (Å²) >= 11 is 1.09. The van der Waals surface area contributed by atoms with Crippen LogP contribution < -0.4 is 19.0 Å². The number of carbonyl (C=O) groups is 2. The van der Waals surface area contributed by atoms with Gasteiger partial charge in [0, 0.05) is 12.3 Å². The van der Waals surface area contributed by atoms with Crippen LogP contribution in [0.15, 0.2) is 46.3 Å². The third kappa shape index (κ3) is 6.13. The number of amides is 1. The van der Waals surface area contributed by atoms with E-state index in [1.54, 1.807) is 31.2 Å². The molecular weight excluding hydrogens is 508 g/mol. The molecule has 1 amide bonds. The van der Waals surface area contributed by atoms with Gasteiger partial charge < -0.3 is 23.5 Å². The summed E-state index contributed by atoms with van der Waals surface area (Å²) in [5.41, 5.74) is 1.17. The molecule has 2 aromatic carbocycles. The summed E-state index contributed by atoms with van der Waals surface area (Å²) in [6.45, 7) is 1.70. The molecule has 0 unspecified atom stereocenters. The maximum atomic E-state index is 12.7. The van der Waals surface area contributed by atoms with Crippen molar-refractivity contribution in [3.8, 4) is 17.2 Å². The van der Waals surface area contributed by atoms with Crippen molar-refractivity contribution in [2.75, 3.05) is 34.2 Å². The number of rotatable bonds is 9. The number of carbonyl (C=O) groups excluding carboxylic acids is 2. The van der Waals surface area contributed by atoms with E-state index in [0.29, 0.717) is 33.0 Å². The summed E-state index contributed by atoms with van der Waals surface area (Å²) in [5.74, 6) is 0.188. The molecular formula is C24H26N2O8S2. The Morgan fingerprint density at radius 1 is 1.06 bits per heavy atom. The van der Waals surface area contributed by atoms with Crippen molar-refractivity contribution in [3.63, 3.8) is 0 Å². The zero-order chi connectivity index (χ0) is 26.5. The van der Waals surface area contributed by atoms with E-state index in [-0.39, 0.29) is 22.8 Å². The minimum absolute atomic E-state index is 0.125. The highest BCUT2D eigenvalue weighted by molar-refractivity contribution is 7.90. The maximum Gasteiger partial charge on any atom is 0.326 e. The summed E-state index contributed by atoms with van der Waals surface area (Å²) in [6.07, 6.45) is 3.92. The van der Waals surface area contributed by atoms with E-state index in [9.17, 15) is 18.0 Å². The molecule has 192 valence electrons. The van der Waals surface area contributed by atoms with Crippen LogP contribution in [0.3, 0.4) is 0 Å². The second-order valence-corrected chi connectivity index (χ2v) is 10.4. The molecule has 12 heteroatoms. The van der Waals surface area contributed by atoms with Gasteiger partial charge in [0.1, 0.15) is 6.54 Å². The molecule has 36 heavy (non-hydrogen) atoms. The van der Waals surface area contributed by atoms with E-state index in [1.807, 2.05) is 0 Å². The fourth-order valence-corrected chi connectivity index (χ4v) is 5.15. The SMILES string of the molecule is CCOC(=O)Cn1c(=NC(=O)/C=C\c2cc(OC)c(OC)c(OC)c2)sc2cc(S(C)(=O)=O)ccc21. The maximum absolute atomic E-state index is 12.7. The molecule has 0 saturated carbocycles. The van der Waals surface area contributed by atoms with Crippen LogP contribution in [0.4, 0.5) is 0 Å². The van der Waals surface area contributed by atoms with Crippen LogP contribution in [-0.4, -0.2) is 59.1 Å². The molecule has 0 aliphatic heterocycles. The molecule has 0 atom stereocenters. The predicted octanol–water partition coefficient (Wildman–Crippen LogP) is 2.84. The molecule has 0 saturated heterocycles. The number of hydrogen-bond acceptors (Lipinski definition) is 9. The number of methoxy groups -OCH3 is 3. The number of nitrogens with zero attached hydrogens (tertiary/aromatic N) is 2. The van der Waals surface area contributed by atoms with E-state index in [4.69, 9.17) is 18.9 Å². The highest BCUT2D eigenvalue weighted by Crippen LogP contribution is 2.38. The smallest absolute Gasteiger partial charge is 0.326 e. The van der Waals surface area contributed by atoms with Crippen molar-refractivity contribution in [2.24, 2.45) is 4.99 Å². The molecule has 1 aromatic heterocycles. The Labute approximate surface area is 212 Å². The van der Waals surface area contributed by atoms with Gasteiger partial charge in [0.25, 0.3) is 5.91 Å². The Kier molecular flexibility index (Phi) is 8.53. The predicted molar refractivity (Wildman–Crippen MR) is 135 cm³/mol. The number of ether oxygens (including phenoxy) is 4. The zero-order valence-corrected chi connectivity index (χ0v) is 22.1. The number of hydrogen-bond donors (Lipinski definition) is 0. The van der Waals surface area contributed by atoms with E-state index < -0.39 is 21.7 Å². The normalized spacial score (nSPS) is 12.2. The van der Waals surface area contributed by atoms with Gasteiger partial charge in [-0.2, -0.15) is 4.99 Å². The largest absolute Gasteiger partial charge is 0.493 e. The van der Waals surface area contributed by atoms with Crippen LogP contribution in [0.25, 0.3) is 16.3 Å². The Morgan fingerprint density at radius 3 is 2.28 bits per heavy atom. The van der Waals surface area contributed by atoms with Crippen molar-refractivity contribution in [1.82, 2.24) is 4.57 Å². The Balaban J connectivity index is 2.04. The molecule has 0 spiro atoms. The zero-order valence-electron chi connectivity index (χ0n) is 20.4. The molecule has 10 nitrogen and oxygen atoms in total. The van der Waals surface area contributed by atoms with E-state index in [1.165, 1.54) is 44.1 Å². The summed E-state index contributed by atoms with van der Waals surface area (Å²) in [7, 11) is 1.03. The number of thiazole rings is 1. The highest BCUT2D eigenvalue weighted by atomic mass is 32.2. The fraction of sp³-hybridized carbons (Fsp3) is 0.292. The van der Waals surface area contributed by atoms with Gasteiger partial charge in [-0.25, -0.2) is 8.42 Å². The second kappa shape index (κ2) is 11.4. The van der Waals surface area contributed by atoms with Crippen molar-refractivity contribution < 1.29 is 37.0 Å². The summed E-state index contributed by atoms with van der Waals surface area (Å²) in [5, 5.41) is 0. The lowest BCUT2D eigenvalue weighted by molar-refractivity contribution is -0.143. The van der Waals surface area contributed by atoms with Gasteiger partial charge >= 0.3 is 5.97 Å². The number of aromatic nitrogens is 1. The van der Waals surface area contributed by atoms with Gasteiger partial charge in [0.05, 0.1) is 43.0 Å². The number of esters is 1. The third-order valence-electron chi connectivity index (χ3n) is 4.99. The molecule has 1 heterocycles. The van der Waals surface area contributed by atoms with Crippen molar-refractivity contribution in [1.29, 1.82) is 0 Å². The quantitative estimate of drug-likeness (QED) is 0.303. The molecule has 0 radical (unpaired) electrons. The number of fused-ring (bicyclic) bond motifs is 1. The topological polar surface area (TPSA) is 122 Å². The minimum Gasteiger partial charge on any atom is -0.493 e. The summed E-state index contributed by atoms with van der Waals surface area (Å²) < 4.78 is 47.0. The first-order valence-corrected chi connectivity index (χ1v) is 13.4. The van der Waals surface area contributed by atoms with E-state index in [2.05, 4.69) is 4.99 Å². The van der Waals surface area contributed by atoms with Crippen LogP contribution in [0.5, 0.6) is 17.2 Å². The van der Waals surface area contributed by atoms with Crippen LogP contribution in [0.2, 0.25) is 0 Å². The molecule has 3 rings (SSSR count). The molecule has 0 fully saturated rings. The Bertz CT molecular complexity index is 1480. The average molecular weight is 535 g/mol. The van der Waals surface area contributed by atoms with Gasteiger partial charge in [-0.3, -0.25) is 9.59 Å². The van der Waals surface area contributed by atoms with E-state index in [0.717, 1.165) is 17.6 Å². The highest BCUT2D eigenvalue weighted by Gasteiger charge is 2.15.